The van der Waals surface area contributed by atoms with Crippen molar-refractivity contribution in [1.29, 1.82) is 0 Å². The van der Waals surface area contributed by atoms with Crippen LogP contribution in [-0.4, -0.2) is 25.8 Å². The van der Waals surface area contributed by atoms with Crippen LogP contribution in [-0.2, 0) is 40.6 Å². The molecule has 5 nitrogen and oxygen atoms in total. The summed E-state index contributed by atoms with van der Waals surface area (Å²) in [7, 11) is -3.64. The number of nitrogens with zero attached hydrogens (tertiary/aromatic N) is 1. The quantitative estimate of drug-likeness (QED) is 0.836. The van der Waals surface area contributed by atoms with Gasteiger partial charge < -0.3 is 4.90 Å². The first kappa shape index (κ1) is 18.7. The molecule has 1 fully saturated rings. The standard InChI is InChI=1S/C23H26N2O3S/c26-23(18-5-6-18)25-12-11-17-7-9-21(13-20(17)15-25)24-29(27,28)22-10-8-16-3-1-2-4-19(16)14-22/h7-10,13-14,18,24H,1-6,11-12,15H2. The molecule has 152 valence electrons. The van der Waals surface area contributed by atoms with Crippen LogP contribution in [0.1, 0.15) is 47.9 Å². The molecule has 1 N–H and O–H groups in total. The Bertz CT molecular complexity index is 1070. The highest BCUT2D eigenvalue weighted by atomic mass is 32.2. The fourth-order valence-electron chi connectivity index (χ4n) is 4.49. The third kappa shape index (κ3) is 3.78. The van der Waals surface area contributed by atoms with Gasteiger partial charge in [-0.3, -0.25) is 9.52 Å². The van der Waals surface area contributed by atoms with Crippen molar-refractivity contribution < 1.29 is 13.2 Å². The van der Waals surface area contributed by atoms with Crippen molar-refractivity contribution in [1.82, 2.24) is 4.90 Å². The van der Waals surface area contributed by atoms with Gasteiger partial charge in [0.1, 0.15) is 0 Å². The molecule has 0 atom stereocenters. The van der Waals surface area contributed by atoms with Crippen molar-refractivity contribution in [3.63, 3.8) is 0 Å². The van der Waals surface area contributed by atoms with Crippen molar-refractivity contribution in [3.8, 4) is 0 Å². The summed E-state index contributed by atoms with van der Waals surface area (Å²) in [6, 6.07) is 11.2. The summed E-state index contributed by atoms with van der Waals surface area (Å²) in [6.07, 6.45) is 7.10. The number of aryl methyl sites for hydroxylation is 2. The lowest BCUT2D eigenvalue weighted by molar-refractivity contribution is -0.133. The van der Waals surface area contributed by atoms with Crippen LogP contribution in [0, 0.1) is 5.92 Å². The molecule has 0 unspecified atom stereocenters. The van der Waals surface area contributed by atoms with E-state index in [4.69, 9.17) is 0 Å². The highest BCUT2D eigenvalue weighted by Crippen LogP contribution is 2.33. The zero-order valence-electron chi connectivity index (χ0n) is 16.5. The molecule has 2 aliphatic carbocycles. The van der Waals surface area contributed by atoms with E-state index in [9.17, 15) is 13.2 Å². The van der Waals surface area contributed by atoms with Gasteiger partial charge in [-0.25, -0.2) is 8.42 Å². The van der Waals surface area contributed by atoms with Crippen LogP contribution in [0.5, 0.6) is 0 Å². The molecule has 3 aliphatic rings. The topological polar surface area (TPSA) is 66.5 Å². The largest absolute Gasteiger partial charge is 0.338 e. The summed E-state index contributed by atoms with van der Waals surface area (Å²) in [5, 5.41) is 0. The Labute approximate surface area is 172 Å². The molecular weight excluding hydrogens is 384 g/mol. The van der Waals surface area contributed by atoms with Crippen molar-refractivity contribution in [2.75, 3.05) is 11.3 Å². The third-order valence-electron chi connectivity index (χ3n) is 6.34. The van der Waals surface area contributed by atoms with E-state index in [1.54, 1.807) is 6.07 Å². The van der Waals surface area contributed by atoms with Crippen LogP contribution in [0.4, 0.5) is 5.69 Å². The Hall–Kier alpha value is -2.34. The molecule has 0 spiro atoms. The Morgan fingerprint density at radius 3 is 2.41 bits per heavy atom. The molecule has 1 amide bonds. The molecule has 6 heteroatoms. The summed E-state index contributed by atoms with van der Waals surface area (Å²) in [5.41, 5.74) is 5.21. The molecule has 29 heavy (non-hydrogen) atoms. The molecule has 5 rings (SSSR count). The van der Waals surface area contributed by atoms with Gasteiger partial charge in [0.2, 0.25) is 5.91 Å². The van der Waals surface area contributed by atoms with Crippen LogP contribution in [0.15, 0.2) is 41.3 Å². The number of rotatable bonds is 4. The van der Waals surface area contributed by atoms with Crippen molar-refractivity contribution in [3.05, 3.63) is 58.7 Å². The predicted octanol–water partition coefficient (Wildman–Crippen LogP) is 3.66. The van der Waals surface area contributed by atoms with Gasteiger partial charge in [0.05, 0.1) is 4.90 Å². The Kier molecular flexibility index (Phi) is 4.62. The van der Waals surface area contributed by atoms with Gasteiger partial charge in [-0.2, -0.15) is 0 Å². The zero-order chi connectivity index (χ0) is 20.0. The Balaban J connectivity index is 1.36. The monoisotopic (exact) mass is 410 g/mol. The van der Waals surface area contributed by atoms with Crippen LogP contribution in [0.2, 0.25) is 0 Å². The number of hydrogen-bond acceptors (Lipinski definition) is 3. The highest BCUT2D eigenvalue weighted by molar-refractivity contribution is 7.92. The SMILES string of the molecule is O=C(C1CC1)N1CCc2ccc(NS(=O)(=O)c3ccc4c(c3)CCCC4)cc2C1. The van der Waals surface area contributed by atoms with Crippen molar-refractivity contribution >= 4 is 21.6 Å². The normalized spacial score (nSPS) is 18.7. The highest BCUT2D eigenvalue weighted by Gasteiger charge is 2.34. The van der Waals surface area contributed by atoms with E-state index in [0.29, 0.717) is 17.1 Å². The van der Waals surface area contributed by atoms with E-state index in [-0.39, 0.29) is 11.8 Å². The van der Waals surface area contributed by atoms with E-state index in [0.717, 1.165) is 56.2 Å². The van der Waals surface area contributed by atoms with Crippen LogP contribution >= 0.6 is 0 Å². The summed E-state index contributed by atoms with van der Waals surface area (Å²) < 4.78 is 28.6. The average molecular weight is 411 g/mol. The van der Waals surface area contributed by atoms with E-state index in [2.05, 4.69) is 4.72 Å². The van der Waals surface area contributed by atoms with Crippen LogP contribution in [0.3, 0.4) is 0 Å². The van der Waals surface area contributed by atoms with Crippen molar-refractivity contribution in [2.24, 2.45) is 5.92 Å². The first-order chi connectivity index (χ1) is 14.0. The maximum atomic E-state index is 12.9. The molecule has 2 aromatic carbocycles. The second-order valence-corrected chi connectivity index (χ2v) is 10.2. The molecule has 0 bridgehead atoms. The van der Waals surface area contributed by atoms with Crippen LogP contribution < -0.4 is 4.72 Å². The molecular formula is C23H26N2O3S. The minimum Gasteiger partial charge on any atom is -0.338 e. The van der Waals surface area contributed by atoms with E-state index >= 15 is 0 Å². The van der Waals surface area contributed by atoms with Crippen LogP contribution in [0.25, 0.3) is 0 Å². The number of benzene rings is 2. The maximum absolute atomic E-state index is 12.9. The van der Waals surface area contributed by atoms with Gasteiger partial charge in [-0.1, -0.05) is 12.1 Å². The number of amides is 1. The lowest BCUT2D eigenvalue weighted by atomic mass is 9.92. The number of hydrogen-bond donors (Lipinski definition) is 1. The Morgan fingerprint density at radius 2 is 1.62 bits per heavy atom. The van der Waals surface area contributed by atoms with Gasteiger partial charge >= 0.3 is 0 Å². The van der Waals surface area contributed by atoms with Gasteiger partial charge in [-0.15, -0.1) is 0 Å². The summed E-state index contributed by atoms with van der Waals surface area (Å²) in [5.74, 6) is 0.456. The first-order valence-electron chi connectivity index (χ1n) is 10.5. The lowest BCUT2D eigenvalue weighted by Crippen LogP contribution is -2.36. The zero-order valence-corrected chi connectivity index (χ0v) is 17.3. The number of fused-ring (bicyclic) bond motifs is 2. The molecule has 1 heterocycles. The number of sulfonamides is 1. The number of carbonyl (C=O) groups excluding carboxylic acids is 1. The average Bonchev–Trinajstić information content (AvgIpc) is 3.57. The first-order valence-corrected chi connectivity index (χ1v) is 12.0. The van der Waals surface area contributed by atoms with E-state index < -0.39 is 10.0 Å². The predicted molar refractivity (Wildman–Crippen MR) is 112 cm³/mol. The second kappa shape index (κ2) is 7.17. The molecule has 2 aromatic rings. The smallest absolute Gasteiger partial charge is 0.261 e. The molecule has 1 aliphatic heterocycles. The summed E-state index contributed by atoms with van der Waals surface area (Å²) in [4.78, 5) is 14.6. The molecule has 0 radical (unpaired) electrons. The summed E-state index contributed by atoms with van der Waals surface area (Å²) in [6.45, 7) is 1.32. The third-order valence-corrected chi connectivity index (χ3v) is 7.72. The maximum Gasteiger partial charge on any atom is 0.261 e. The number of nitrogens with one attached hydrogen (secondary N) is 1. The molecule has 0 saturated heterocycles. The van der Waals surface area contributed by atoms with Gasteiger partial charge in [0.15, 0.2) is 0 Å². The van der Waals surface area contributed by atoms with Gasteiger partial charge in [0.25, 0.3) is 10.0 Å². The van der Waals surface area contributed by atoms with E-state index in [1.165, 1.54) is 17.5 Å². The minimum absolute atomic E-state index is 0.210. The number of anilines is 1. The Morgan fingerprint density at radius 1 is 0.897 bits per heavy atom. The van der Waals surface area contributed by atoms with E-state index in [1.807, 2.05) is 35.2 Å². The molecule has 0 aromatic heterocycles. The van der Waals surface area contributed by atoms with Gasteiger partial charge in [-0.05, 0) is 91.5 Å². The molecule has 1 saturated carbocycles. The fraction of sp³-hybridized carbons (Fsp3) is 0.435. The lowest BCUT2D eigenvalue weighted by Gasteiger charge is -2.29. The van der Waals surface area contributed by atoms with Gasteiger partial charge in [0, 0.05) is 24.7 Å². The minimum atomic E-state index is -3.64. The van der Waals surface area contributed by atoms with Crippen molar-refractivity contribution in [2.45, 2.75) is 56.4 Å². The number of carbonyl (C=O) groups is 1. The second-order valence-electron chi connectivity index (χ2n) is 8.51. The fourth-order valence-corrected chi connectivity index (χ4v) is 5.59. The summed E-state index contributed by atoms with van der Waals surface area (Å²) >= 11 is 0.